The maximum Gasteiger partial charge on any atom is 1.00 e. The molecule has 0 heterocycles. The van der Waals surface area contributed by atoms with Crippen LogP contribution in [0.5, 0.6) is 0 Å². The number of halogens is 3. The summed E-state index contributed by atoms with van der Waals surface area (Å²) in [6.45, 7) is -5.16. The maximum absolute atomic E-state index is 11.8. The molecular formula is C7H8BF3KNO2S. The van der Waals surface area contributed by atoms with Gasteiger partial charge in [0.05, 0.1) is 4.90 Å². The molecule has 1 aromatic rings. The number of sulfonamides is 1. The van der Waals surface area contributed by atoms with Gasteiger partial charge in [0.2, 0.25) is 10.0 Å². The molecule has 0 saturated heterocycles. The van der Waals surface area contributed by atoms with Crippen LogP contribution >= 0.6 is 0 Å². The SMILES string of the molecule is O=S(=O)(NC[B-](F)(F)F)c1ccccc1.[K+]. The second-order valence-corrected chi connectivity index (χ2v) is 4.64. The van der Waals surface area contributed by atoms with Gasteiger partial charge in [-0.05, 0) is 18.6 Å². The van der Waals surface area contributed by atoms with E-state index in [4.69, 9.17) is 0 Å². The van der Waals surface area contributed by atoms with E-state index in [9.17, 15) is 21.4 Å². The number of benzene rings is 1. The second kappa shape index (κ2) is 6.53. The van der Waals surface area contributed by atoms with Gasteiger partial charge >= 0.3 is 58.4 Å². The van der Waals surface area contributed by atoms with E-state index in [1.54, 1.807) is 6.07 Å². The summed E-state index contributed by atoms with van der Waals surface area (Å²) in [5.74, 6) is 0. The number of hydrogen-bond acceptors (Lipinski definition) is 2. The van der Waals surface area contributed by atoms with Crippen LogP contribution in [0.15, 0.2) is 35.2 Å². The van der Waals surface area contributed by atoms with Gasteiger partial charge in [0, 0.05) is 0 Å². The Kier molecular flexibility index (Phi) is 6.78. The van der Waals surface area contributed by atoms with Crippen molar-refractivity contribution in [3.05, 3.63) is 30.3 Å². The first kappa shape index (κ1) is 16.6. The Morgan fingerprint density at radius 2 is 1.62 bits per heavy atom. The van der Waals surface area contributed by atoms with Crippen molar-refractivity contribution in [3.63, 3.8) is 0 Å². The predicted molar refractivity (Wildman–Crippen MR) is 50.7 cm³/mol. The van der Waals surface area contributed by atoms with E-state index in [1.807, 2.05) is 0 Å². The fourth-order valence-electron chi connectivity index (χ4n) is 0.887. The van der Waals surface area contributed by atoms with Crippen molar-refractivity contribution in [2.24, 2.45) is 0 Å². The van der Waals surface area contributed by atoms with Gasteiger partial charge in [-0.25, -0.2) is 13.1 Å². The molecule has 0 aromatic heterocycles. The van der Waals surface area contributed by atoms with Gasteiger partial charge in [0.15, 0.2) is 0 Å². The molecule has 1 aromatic carbocycles. The molecule has 1 rings (SSSR count). The first-order valence-corrected chi connectivity index (χ1v) is 5.55. The van der Waals surface area contributed by atoms with Crippen LogP contribution in [-0.4, -0.2) is 21.8 Å². The van der Waals surface area contributed by atoms with Gasteiger partial charge < -0.3 is 12.9 Å². The molecule has 1 N–H and O–H groups in total. The Balaban J connectivity index is 0.00000225. The molecule has 0 fully saturated rings. The Morgan fingerprint density at radius 1 is 1.12 bits per heavy atom. The fourth-order valence-corrected chi connectivity index (χ4v) is 1.98. The molecule has 0 bridgehead atoms. The van der Waals surface area contributed by atoms with E-state index in [0.29, 0.717) is 0 Å². The standard InChI is InChI=1S/C7H8BF3NO2S.K/c9-8(10,11)6-12-15(13,14)7-4-2-1-3-5-7;/h1-5,12H,6H2;/q-1;+1. The van der Waals surface area contributed by atoms with Crippen LogP contribution < -0.4 is 56.1 Å². The third-order valence-corrected chi connectivity index (χ3v) is 3.00. The van der Waals surface area contributed by atoms with E-state index in [-0.39, 0.29) is 56.3 Å². The van der Waals surface area contributed by atoms with E-state index in [0.717, 1.165) is 0 Å². The summed E-state index contributed by atoms with van der Waals surface area (Å²) in [5, 5.41) is 0. The van der Waals surface area contributed by atoms with Crippen LogP contribution in [0.4, 0.5) is 12.9 Å². The summed E-state index contributed by atoms with van der Waals surface area (Å²) >= 11 is 0. The largest absolute Gasteiger partial charge is 1.00 e. The molecule has 9 heteroatoms. The average molecular weight is 277 g/mol. The summed E-state index contributed by atoms with van der Waals surface area (Å²) in [7, 11) is -4.05. The Bertz CT molecular complexity index is 423. The Labute approximate surface area is 134 Å². The minimum atomic E-state index is -5.16. The van der Waals surface area contributed by atoms with Crippen LogP contribution in [0.25, 0.3) is 0 Å². The van der Waals surface area contributed by atoms with Crippen LogP contribution in [-0.2, 0) is 10.0 Å². The third kappa shape index (κ3) is 5.80. The van der Waals surface area contributed by atoms with Crippen LogP contribution in [0, 0.1) is 0 Å². The minimum absolute atomic E-state index is 0. The summed E-state index contributed by atoms with van der Waals surface area (Å²) in [5.41, 5.74) is 0. The summed E-state index contributed by atoms with van der Waals surface area (Å²) < 4.78 is 59.6. The quantitative estimate of drug-likeness (QED) is 0.671. The van der Waals surface area contributed by atoms with Crippen molar-refractivity contribution in [2.75, 3.05) is 6.44 Å². The molecule has 84 valence electrons. The third-order valence-electron chi connectivity index (χ3n) is 1.56. The summed E-state index contributed by atoms with van der Waals surface area (Å²) in [6.07, 6.45) is -1.50. The molecule has 3 nitrogen and oxygen atoms in total. The van der Waals surface area contributed by atoms with Crippen molar-refractivity contribution < 1.29 is 72.7 Å². The molecule has 0 spiro atoms. The van der Waals surface area contributed by atoms with Gasteiger partial charge in [0.1, 0.15) is 0 Å². The molecule has 0 radical (unpaired) electrons. The van der Waals surface area contributed by atoms with E-state index in [1.165, 1.54) is 29.0 Å². The molecule has 0 aliphatic carbocycles. The first-order valence-electron chi connectivity index (χ1n) is 4.07. The van der Waals surface area contributed by atoms with Crippen molar-refractivity contribution >= 4 is 17.0 Å². The fraction of sp³-hybridized carbons (Fsp3) is 0.143. The topological polar surface area (TPSA) is 46.2 Å². The van der Waals surface area contributed by atoms with Gasteiger partial charge in [-0.1, -0.05) is 18.2 Å². The smallest absolute Gasteiger partial charge is 0.448 e. The molecule has 16 heavy (non-hydrogen) atoms. The van der Waals surface area contributed by atoms with Crippen molar-refractivity contribution in [3.8, 4) is 0 Å². The van der Waals surface area contributed by atoms with E-state index < -0.39 is 23.4 Å². The number of hydrogen-bond donors (Lipinski definition) is 1. The van der Waals surface area contributed by atoms with Gasteiger partial charge in [-0.2, -0.15) is 0 Å². The monoisotopic (exact) mass is 277 g/mol. The number of rotatable bonds is 4. The molecule has 0 aliphatic heterocycles. The molecular weight excluding hydrogens is 269 g/mol. The second-order valence-electron chi connectivity index (χ2n) is 2.88. The molecule has 0 aliphatic rings. The summed E-state index contributed by atoms with van der Waals surface area (Å²) in [6, 6.07) is 6.91. The van der Waals surface area contributed by atoms with E-state index in [2.05, 4.69) is 0 Å². The normalized spacial score (nSPS) is 11.9. The Hall–Kier alpha value is 0.621. The predicted octanol–water partition coefficient (Wildman–Crippen LogP) is -1.64. The minimum Gasteiger partial charge on any atom is -0.448 e. The van der Waals surface area contributed by atoms with Gasteiger partial charge in [-0.15, -0.1) is 0 Å². The molecule has 0 amide bonds. The van der Waals surface area contributed by atoms with Crippen LogP contribution in [0.1, 0.15) is 0 Å². The zero-order valence-electron chi connectivity index (χ0n) is 8.53. The number of nitrogens with one attached hydrogen (secondary N) is 1. The zero-order chi connectivity index (χ0) is 11.5. The van der Waals surface area contributed by atoms with Crippen LogP contribution in [0.2, 0.25) is 0 Å². The van der Waals surface area contributed by atoms with Crippen LogP contribution in [0.3, 0.4) is 0 Å². The Morgan fingerprint density at radius 3 is 2.06 bits per heavy atom. The van der Waals surface area contributed by atoms with Gasteiger partial charge in [0.25, 0.3) is 0 Å². The maximum atomic E-state index is 11.8. The van der Waals surface area contributed by atoms with Crippen molar-refractivity contribution in [2.45, 2.75) is 4.90 Å². The summed E-state index contributed by atoms with van der Waals surface area (Å²) in [4.78, 5) is -0.176. The average Bonchev–Trinajstić information content (AvgIpc) is 2.16. The molecule has 0 unspecified atom stereocenters. The van der Waals surface area contributed by atoms with Gasteiger partial charge in [-0.3, -0.25) is 0 Å². The van der Waals surface area contributed by atoms with Crippen molar-refractivity contribution in [1.29, 1.82) is 0 Å². The first-order chi connectivity index (χ1) is 6.81. The van der Waals surface area contributed by atoms with Crippen molar-refractivity contribution in [1.82, 2.24) is 4.72 Å². The zero-order valence-corrected chi connectivity index (χ0v) is 12.5. The van der Waals surface area contributed by atoms with E-state index >= 15 is 0 Å². The molecule has 0 saturated carbocycles. The molecule has 0 atom stereocenters.